The minimum atomic E-state index is 0.0176. The van der Waals surface area contributed by atoms with Gasteiger partial charge in [0.2, 0.25) is 0 Å². The van der Waals surface area contributed by atoms with Gasteiger partial charge in [0.25, 0.3) is 0 Å². The normalized spacial score (nSPS) is 28.3. The highest BCUT2D eigenvalue weighted by Crippen LogP contribution is 2.52. The highest BCUT2D eigenvalue weighted by Gasteiger charge is 2.52. The van der Waals surface area contributed by atoms with Crippen molar-refractivity contribution in [3.63, 3.8) is 0 Å². The van der Waals surface area contributed by atoms with Gasteiger partial charge in [0.1, 0.15) is 0 Å². The molecule has 0 amide bonds. The van der Waals surface area contributed by atoms with Crippen LogP contribution in [0.25, 0.3) is 0 Å². The molecular weight excluding hydrogens is 160 g/mol. The third-order valence-corrected chi connectivity index (χ3v) is 3.79. The second-order valence-electron chi connectivity index (χ2n) is 4.58. The van der Waals surface area contributed by atoms with Crippen molar-refractivity contribution in [1.29, 1.82) is 5.26 Å². The Labute approximate surface area is 80.3 Å². The van der Waals surface area contributed by atoms with Crippen LogP contribution in [0.5, 0.6) is 0 Å². The molecule has 2 aliphatic carbocycles. The number of hydrogen-bond acceptors (Lipinski definition) is 2. The average molecular weight is 178 g/mol. The van der Waals surface area contributed by atoms with Crippen molar-refractivity contribution in [2.45, 2.75) is 44.6 Å². The Morgan fingerprint density at radius 3 is 2.38 bits per heavy atom. The van der Waals surface area contributed by atoms with Gasteiger partial charge in [-0.3, -0.25) is 0 Å². The Morgan fingerprint density at radius 2 is 2.00 bits per heavy atom. The van der Waals surface area contributed by atoms with Crippen LogP contribution in [0.2, 0.25) is 0 Å². The van der Waals surface area contributed by atoms with Crippen molar-refractivity contribution >= 4 is 0 Å². The lowest BCUT2D eigenvalue weighted by Crippen LogP contribution is -2.40. The van der Waals surface area contributed by atoms with Gasteiger partial charge in [0.05, 0.1) is 11.5 Å². The molecule has 0 aromatic rings. The zero-order chi connectivity index (χ0) is 9.31. The van der Waals surface area contributed by atoms with Gasteiger partial charge in [-0.1, -0.05) is 12.8 Å². The third-order valence-electron chi connectivity index (χ3n) is 3.79. The van der Waals surface area contributed by atoms with Gasteiger partial charge in [-0.2, -0.15) is 5.26 Å². The Bertz CT molecular complexity index is 219. The summed E-state index contributed by atoms with van der Waals surface area (Å²) in [6.07, 6.45) is 7.62. The summed E-state index contributed by atoms with van der Waals surface area (Å²) in [6, 6.07) is 2.99. The van der Waals surface area contributed by atoms with E-state index in [0.717, 1.165) is 18.8 Å². The lowest BCUT2D eigenvalue weighted by Gasteiger charge is -2.27. The molecule has 0 saturated heterocycles. The van der Waals surface area contributed by atoms with Crippen molar-refractivity contribution in [3.05, 3.63) is 0 Å². The lowest BCUT2D eigenvalue weighted by molar-refractivity contribution is 0.299. The summed E-state index contributed by atoms with van der Waals surface area (Å²) in [7, 11) is 2.01. The Hall–Kier alpha value is -0.550. The second-order valence-corrected chi connectivity index (χ2v) is 4.58. The average Bonchev–Trinajstić information content (AvgIpc) is 2.75. The van der Waals surface area contributed by atoms with E-state index in [9.17, 15) is 0 Å². The van der Waals surface area contributed by atoms with Crippen molar-refractivity contribution in [3.8, 4) is 6.07 Å². The predicted octanol–water partition coefficient (Wildman–Crippen LogP) is 2.07. The SMILES string of the molecule is CNC(C1CCCC1)C1(C#N)CC1. The number of hydrogen-bond donors (Lipinski definition) is 1. The molecule has 1 unspecified atom stereocenters. The Morgan fingerprint density at radius 1 is 1.38 bits per heavy atom. The zero-order valence-electron chi connectivity index (χ0n) is 8.34. The summed E-state index contributed by atoms with van der Waals surface area (Å²) in [5, 5.41) is 12.5. The maximum atomic E-state index is 9.13. The molecule has 0 aromatic heterocycles. The first-order valence-corrected chi connectivity index (χ1v) is 5.41. The van der Waals surface area contributed by atoms with Crippen molar-refractivity contribution in [2.24, 2.45) is 11.3 Å². The van der Waals surface area contributed by atoms with Gasteiger partial charge in [-0.05, 0) is 38.6 Å². The van der Waals surface area contributed by atoms with Crippen LogP contribution in [-0.4, -0.2) is 13.1 Å². The van der Waals surface area contributed by atoms with E-state index in [1.807, 2.05) is 7.05 Å². The summed E-state index contributed by atoms with van der Waals surface area (Å²) in [5.41, 5.74) is 0.0176. The van der Waals surface area contributed by atoms with E-state index in [4.69, 9.17) is 5.26 Å². The highest BCUT2D eigenvalue weighted by atomic mass is 14.9. The first kappa shape index (κ1) is 9.02. The Balaban J connectivity index is 2.05. The second kappa shape index (κ2) is 3.31. The van der Waals surface area contributed by atoms with Crippen LogP contribution in [0, 0.1) is 22.7 Å². The smallest absolute Gasteiger partial charge is 0.0730 e. The molecule has 2 saturated carbocycles. The number of nitrogens with zero attached hydrogens (tertiary/aromatic N) is 1. The third kappa shape index (κ3) is 1.46. The van der Waals surface area contributed by atoms with E-state index in [1.54, 1.807) is 0 Å². The van der Waals surface area contributed by atoms with E-state index < -0.39 is 0 Å². The molecule has 72 valence electrons. The molecule has 0 heterocycles. The van der Waals surface area contributed by atoms with E-state index in [0.29, 0.717) is 6.04 Å². The van der Waals surface area contributed by atoms with Gasteiger partial charge < -0.3 is 5.32 Å². The van der Waals surface area contributed by atoms with E-state index in [-0.39, 0.29) is 5.41 Å². The fourth-order valence-electron chi connectivity index (χ4n) is 2.88. The fourth-order valence-corrected chi connectivity index (χ4v) is 2.88. The molecule has 2 fully saturated rings. The fraction of sp³-hybridized carbons (Fsp3) is 0.909. The topological polar surface area (TPSA) is 35.8 Å². The first-order valence-electron chi connectivity index (χ1n) is 5.41. The van der Waals surface area contributed by atoms with Gasteiger partial charge in [0.15, 0.2) is 0 Å². The predicted molar refractivity (Wildman–Crippen MR) is 52.1 cm³/mol. The number of rotatable bonds is 3. The maximum Gasteiger partial charge on any atom is 0.0730 e. The van der Waals surface area contributed by atoms with Gasteiger partial charge in [0, 0.05) is 6.04 Å². The summed E-state index contributed by atoms with van der Waals surface area (Å²) < 4.78 is 0. The van der Waals surface area contributed by atoms with Crippen LogP contribution in [0.3, 0.4) is 0 Å². The number of nitrogens with one attached hydrogen (secondary N) is 1. The molecule has 2 aliphatic rings. The van der Waals surface area contributed by atoms with E-state index >= 15 is 0 Å². The quantitative estimate of drug-likeness (QED) is 0.718. The molecule has 1 N–H and O–H groups in total. The molecule has 0 spiro atoms. The largest absolute Gasteiger partial charge is 0.315 e. The minimum absolute atomic E-state index is 0.0176. The van der Waals surface area contributed by atoms with Crippen LogP contribution >= 0.6 is 0 Å². The summed E-state index contributed by atoms with van der Waals surface area (Å²) in [4.78, 5) is 0. The summed E-state index contributed by atoms with van der Waals surface area (Å²) in [5.74, 6) is 0.771. The van der Waals surface area contributed by atoms with Crippen LogP contribution in [0.15, 0.2) is 0 Å². The van der Waals surface area contributed by atoms with Gasteiger partial charge in [-0.25, -0.2) is 0 Å². The van der Waals surface area contributed by atoms with Gasteiger partial charge in [-0.15, -0.1) is 0 Å². The van der Waals surface area contributed by atoms with Crippen LogP contribution in [0.1, 0.15) is 38.5 Å². The summed E-state index contributed by atoms with van der Waals surface area (Å²) in [6.45, 7) is 0. The monoisotopic (exact) mass is 178 g/mol. The van der Waals surface area contributed by atoms with Gasteiger partial charge >= 0.3 is 0 Å². The van der Waals surface area contributed by atoms with Crippen molar-refractivity contribution in [1.82, 2.24) is 5.32 Å². The van der Waals surface area contributed by atoms with Crippen LogP contribution < -0.4 is 5.32 Å². The molecule has 2 rings (SSSR count). The molecule has 0 aliphatic heterocycles. The molecule has 1 atom stereocenters. The molecule has 0 radical (unpaired) electrons. The highest BCUT2D eigenvalue weighted by molar-refractivity contribution is 5.17. The molecule has 13 heavy (non-hydrogen) atoms. The molecule has 2 heteroatoms. The first-order chi connectivity index (χ1) is 6.32. The lowest BCUT2D eigenvalue weighted by atomic mass is 9.85. The van der Waals surface area contributed by atoms with Crippen LogP contribution in [-0.2, 0) is 0 Å². The van der Waals surface area contributed by atoms with E-state index in [2.05, 4.69) is 11.4 Å². The Kier molecular flexibility index (Phi) is 2.29. The number of nitriles is 1. The maximum absolute atomic E-state index is 9.13. The molecular formula is C11H18N2. The van der Waals surface area contributed by atoms with Crippen LogP contribution in [0.4, 0.5) is 0 Å². The zero-order valence-corrected chi connectivity index (χ0v) is 8.34. The van der Waals surface area contributed by atoms with Crippen molar-refractivity contribution in [2.75, 3.05) is 7.05 Å². The molecule has 0 bridgehead atoms. The van der Waals surface area contributed by atoms with Crippen molar-refractivity contribution < 1.29 is 0 Å². The minimum Gasteiger partial charge on any atom is -0.315 e. The summed E-state index contributed by atoms with van der Waals surface area (Å²) >= 11 is 0. The molecule has 0 aromatic carbocycles. The molecule has 2 nitrogen and oxygen atoms in total. The standard InChI is InChI=1S/C11H18N2/c1-13-10(9-4-2-3-5-9)11(8-12)6-7-11/h9-10,13H,2-7H2,1H3. The van der Waals surface area contributed by atoms with E-state index in [1.165, 1.54) is 25.7 Å².